The Labute approximate surface area is 173 Å². The van der Waals surface area contributed by atoms with Gasteiger partial charge in [-0.05, 0) is 28.8 Å². The Kier molecular flexibility index (Phi) is 5.86. The lowest BCUT2D eigenvalue weighted by Gasteiger charge is -2.19. The number of rotatable bonds is 6. The number of hydrogen-bond donors (Lipinski definition) is 1. The molecule has 1 aliphatic rings. The number of benzene rings is 3. The van der Waals surface area contributed by atoms with E-state index in [2.05, 4.69) is 17.4 Å². The van der Waals surface area contributed by atoms with Crippen molar-refractivity contribution in [1.82, 2.24) is 5.32 Å². The second-order valence-corrected chi connectivity index (χ2v) is 7.15. The fourth-order valence-corrected chi connectivity index (χ4v) is 3.56. The highest BCUT2D eigenvalue weighted by molar-refractivity contribution is 5.86. The molecule has 0 unspecified atom stereocenters. The van der Waals surface area contributed by atoms with Crippen LogP contribution in [0.4, 0.5) is 13.2 Å². The van der Waals surface area contributed by atoms with Gasteiger partial charge in [-0.25, -0.2) is 0 Å². The van der Waals surface area contributed by atoms with E-state index in [1.807, 2.05) is 48.5 Å². The summed E-state index contributed by atoms with van der Waals surface area (Å²) in [7, 11) is 0. The molecule has 0 radical (unpaired) electrons. The van der Waals surface area contributed by atoms with Crippen LogP contribution < -0.4 is 5.32 Å². The Morgan fingerprint density at radius 1 is 0.800 bits per heavy atom. The molecule has 0 aromatic heterocycles. The van der Waals surface area contributed by atoms with E-state index in [1.54, 1.807) is 6.07 Å². The summed E-state index contributed by atoms with van der Waals surface area (Å²) in [5, 5.41) is 3.42. The van der Waals surface area contributed by atoms with Gasteiger partial charge in [0.25, 0.3) is 0 Å². The summed E-state index contributed by atoms with van der Waals surface area (Å²) in [5.74, 6) is 0.685. The number of ether oxygens (including phenoxy) is 1. The minimum Gasteiger partial charge on any atom is -0.369 e. The molecule has 30 heavy (non-hydrogen) atoms. The predicted molar refractivity (Wildman–Crippen MR) is 110 cm³/mol. The molecule has 6 heteroatoms. The van der Waals surface area contributed by atoms with Crippen molar-refractivity contribution < 1.29 is 17.9 Å². The van der Waals surface area contributed by atoms with Crippen LogP contribution in [-0.4, -0.2) is 12.4 Å². The maximum Gasteiger partial charge on any atom is 0.416 e. The molecule has 2 atom stereocenters. The maximum atomic E-state index is 12.9. The minimum atomic E-state index is -4.36. The first-order chi connectivity index (χ1) is 14.5. The first-order valence-corrected chi connectivity index (χ1v) is 9.68. The summed E-state index contributed by atoms with van der Waals surface area (Å²) < 4.78 is 44.3. The second-order valence-electron chi connectivity index (χ2n) is 7.15. The van der Waals surface area contributed by atoms with Gasteiger partial charge in [-0.15, -0.1) is 0 Å². The molecule has 3 aromatic rings. The lowest BCUT2D eigenvalue weighted by molar-refractivity contribution is -0.137. The molecule has 4 rings (SSSR count). The third-order valence-electron chi connectivity index (χ3n) is 4.99. The zero-order chi connectivity index (χ0) is 21.0. The maximum absolute atomic E-state index is 12.9. The lowest BCUT2D eigenvalue weighted by atomic mass is 9.95. The average molecular weight is 410 g/mol. The fourth-order valence-electron chi connectivity index (χ4n) is 3.56. The summed E-state index contributed by atoms with van der Waals surface area (Å²) in [6.07, 6.45) is -4.36. The van der Waals surface area contributed by atoms with Gasteiger partial charge < -0.3 is 10.1 Å². The van der Waals surface area contributed by atoms with E-state index in [4.69, 9.17) is 9.73 Å². The van der Waals surface area contributed by atoms with Crippen LogP contribution in [0, 0.1) is 0 Å². The summed E-state index contributed by atoms with van der Waals surface area (Å²) in [4.78, 5) is 4.80. The number of alkyl halides is 3. The van der Waals surface area contributed by atoms with E-state index in [0.717, 1.165) is 23.3 Å². The van der Waals surface area contributed by atoms with Crippen LogP contribution in [0.2, 0.25) is 0 Å². The molecule has 0 bridgehead atoms. The van der Waals surface area contributed by atoms with Crippen molar-refractivity contribution in [3.05, 3.63) is 107 Å². The molecule has 0 fully saturated rings. The molecule has 0 amide bonds. The predicted octanol–water partition coefficient (Wildman–Crippen LogP) is 5.71. The van der Waals surface area contributed by atoms with Gasteiger partial charge in [0.15, 0.2) is 0 Å². The first-order valence-electron chi connectivity index (χ1n) is 9.68. The number of hydrogen-bond acceptors (Lipinski definition) is 3. The van der Waals surface area contributed by atoms with Crippen molar-refractivity contribution in [2.45, 2.75) is 24.9 Å². The SMILES string of the molecule is FC(F)(F)c1cccc(COCC2=N[C@H](c3ccccc3)[C@H](c3ccccc3)N2)c1. The average Bonchev–Trinajstić information content (AvgIpc) is 3.19. The Hall–Kier alpha value is -3.12. The van der Waals surface area contributed by atoms with Gasteiger partial charge in [0, 0.05) is 0 Å². The van der Waals surface area contributed by atoms with E-state index in [0.29, 0.717) is 11.4 Å². The van der Waals surface area contributed by atoms with Crippen LogP contribution in [0.5, 0.6) is 0 Å². The zero-order valence-corrected chi connectivity index (χ0v) is 16.1. The van der Waals surface area contributed by atoms with Crippen LogP contribution in [0.1, 0.15) is 34.3 Å². The van der Waals surface area contributed by atoms with Gasteiger partial charge in [-0.2, -0.15) is 13.2 Å². The van der Waals surface area contributed by atoms with E-state index in [-0.39, 0.29) is 25.3 Å². The van der Waals surface area contributed by atoms with E-state index >= 15 is 0 Å². The van der Waals surface area contributed by atoms with Crippen LogP contribution in [-0.2, 0) is 17.5 Å². The zero-order valence-electron chi connectivity index (χ0n) is 16.1. The lowest BCUT2D eigenvalue weighted by Crippen LogP contribution is -2.27. The largest absolute Gasteiger partial charge is 0.416 e. The number of nitrogens with one attached hydrogen (secondary N) is 1. The van der Waals surface area contributed by atoms with Gasteiger partial charge in [0.2, 0.25) is 0 Å². The van der Waals surface area contributed by atoms with Gasteiger partial charge >= 0.3 is 6.18 Å². The molecule has 0 saturated carbocycles. The topological polar surface area (TPSA) is 33.6 Å². The van der Waals surface area contributed by atoms with Gasteiger partial charge in [0.1, 0.15) is 18.5 Å². The highest BCUT2D eigenvalue weighted by Crippen LogP contribution is 2.36. The van der Waals surface area contributed by atoms with Crippen molar-refractivity contribution in [2.75, 3.05) is 6.61 Å². The van der Waals surface area contributed by atoms with Crippen molar-refractivity contribution >= 4 is 5.84 Å². The highest BCUT2D eigenvalue weighted by Gasteiger charge is 2.31. The molecule has 3 nitrogen and oxygen atoms in total. The molecule has 154 valence electrons. The Balaban J connectivity index is 1.45. The highest BCUT2D eigenvalue weighted by atomic mass is 19.4. The van der Waals surface area contributed by atoms with Crippen LogP contribution >= 0.6 is 0 Å². The van der Waals surface area contributed by atoms with Crippen LogP contribution in [0.25, 0.3) is 0 Å². The van der Waals surface area contributed by atoms with Crippen molar-refractivity contribution in [3.63, 3.8) is 0 Å². The van der Waals surface area contributed by atoms with Crippen molar-refractivity contribution in [3.8, 4) is 0 Å². The third kappa shape index (κ3) is 4.71. The molecule has 0 aliphatic carbocycles. The van der Waals surface area contributed by atoms with Gasteiger partial charge in [-0.1, -0.05) is 72.8 Å². The summed E-state index contributed by atoms with van der Waals surface area (Å²) in [6, 6.07) is 25.1. The molecule has 0 saturated heterocycles. The van der Waals surface area contributed by atoms with E-state index in [1.165, 1.54) is 6.07 Å². The normalized spacial score (nSPS) is 18.7. The standard InChI is InChI=1S/C24H21F3N2O/c25-24(26,27)20-13-7-8-17(14-20)15-30-16-21-28-22(18-9-3-1-4-10-18)23(29-21)19-11-5-2-6-12-19/h1-14,22-23H,15-16H2,(H,28,29)/t22-,23+. The molecule has 1 heterocycles. The number of amidine groups is 1. The second kappa shape index (κ2) is 8.71. The molecule has 1 aliphatic heterocycles. The molecule has 3 aromatic carbocycles. The summed E-state index contributed by atoms with van der Waals surface area (Å²) in [5.41, 5.74) is 2.01. The van der Waals surface area contributed by atoms with Crippen molar-refractivity contribution in [1.29, 1.82) is 0 Å². The number of halogens is 3. The quantitative estimate of drug-likeness (QED) is 0.565. The molecule has 1 N–H and O–H groups in total. The molecular formula is C24H21F3N2O. The minimum absolute atomic E-state index is 0.0271. The monoisotopic (exact) mass is 410 g/mol. The Morgan fingerprint density at radius 2 is 1.47 bits per heavy atom. The first kappa shape index (κ1) is 20.2. The van der Waals surface area contributed by atoms with E-state index in [9.17, 15) is 13.2 Å². The number of nitrogens with zero attached hydrogens (tertiary/aromatic N) is 1. The van der Waals surface area contributed by atoms with E-state index < -0.39 is 11.7 Å². The van der Waals surface area contributed by atoms with Gasteiger partial charge in [0.05, 0.1) is 18.2 Å². The Morgan fingerprint density at radius 3 is 2.13 bits per heavy atom. The smallest absolute Gasteiger partial charge is 0.369 e. The van der Waals surface area contributed by atoms with Crippen LogP contribution in [0.15, 0.2) is 89.9 Å². The van der Waals surface area contributed by atoms with Gasteiger partial charge in [-0.3, -0.25) is 4.99 Å². The molecular weight excluding hydrogens is 389 g/mol. The summed E-state index contributed by atoms with van der Waals surface area (Å²) >= 11 is 0. The molecule has 0 spiro atoms. The number of aliphatic imine (C=N–C) groups is 1. The van der Waals surface area contributed by atoms with Crippen LogP contribution in [0.3, 0.4) is 0 Å². The fraction of sp³-hybridized carbons (Fsp3) is 0.208. The Bertz CT molecular complexity index is 1000. The summed E-state index contributed by atoms with van der Waals surface area (Å²) in [6.45, 7) is 0.277. The third-order valence-corrected chi connectivity index (χ3v) is 4.99. The van der Waals surface area contributed by atoms with Crippen molar-refractivity contribution in [2.24, 2.45) is 4.99 Å².